The maximum absolute atomic E-state index is 5.56. The average molecular weight is 252 g/mol. The van der Waals surface area contributed by atoms with Crippen LogP contribution in [-0.2, 0) is 4.74 Å². The number of ether oxygens (including phenoxy) is 2. The first-order chi connectivity index (χ1) is 8.83. The molecule has 0 aromatic carbocycles. The van der Waals surface area contributed by atoms with E-state index in [2.05, 4.69) is 10.3 Å². The Labute approximate surface area is 110 Å². The van der Waals surface area contributed by atoms with Gasteiger partial charge in [-0.25, -0.2) is 0 Å². The fraction of sp³-hybridized carbons (Fsp3) is 0.643. The number of unbranched alkanes of at least 4 members (excludes halogenated alkanes) is 1. The van der Waals surface area contributed by atoms with Crippen LogP contribution >= 0.6 is 0 Å². The molecule has 0 saturated carbocycles. The summed E-state index contributed by atoms with van der Waals surface area (Å²) in [6, 6.07) is 3.90. The smallest absolute Gasteiger partial charge is 0.137 e. The molecule has 102 valence electrons. The summed E-state index contributed by atoms with van der Waals surface area (Å²) in [4.78, 5) is 4.18. The minimum Gasteiger partial charge on any atom is -0.491 e. The van der Waals surface area contributed by atoms with Gasteiger partial charge < -0.3 is 14.8 Å². The number of aryl methyl sites for hydroxylation is 1. The van der Waals surface area contributed by atoms with E-state index in [-0.39, 0.29) is 0 Å². The van der Waals surface area contributed by atoms with Crippen LogP contribution in [0.1, 0.15) is 25.5 Å². The number of hydrogen-bond donors (Lipinski definition) is 1. The van der Waals surface area contributed by atoms with Crippen molar-refractivity contribution in [1.29, 1.82) is 0 Å². The molecule has 4 nitrogen and oxygen atoms in total. The van der Waals surface area contributed by atoms with Crippen LogP contribution in [0.25, 0.3) is 0 Å². The van der Waals surface area contributed by atoms with Crippen LogP contribution in [0.3, 0.4) is 0 Å². The van der Waals surface area contributed by atoms with Gasteiger partial charge in [-0.1, -0.05) is 0 Å². The number of aromatic nitrogens is 1. The second-order valence-electron chi connectivity index (χ2n) is 4.14. The molecule has 0 unspecified atom stereocenters. The zero-order chi connectivity index (χ0) is 13.1. The quantitative estimate of drug-likeness (QED) is 0.648. The summed E-state index contributed by atoms with van der Waals surface area (Å²) in [5.74, 6) is 0.832. The normalized spacial score (nSPS) is 10.6. The topological polar surface area (TPSA) is 43.4 Å². The van der Waals surface area contributed by atoms with Crippen molar-refractivity contribution in [1.82, 2.24) is 10.3 Å². The van der Waals surface area contributed by atoms with E-state index in [9.17, 15) is 0 Å². The zero-order valence-electron chi connectivity index (χ0n) is 11.4. The molecule has 0 fully saturated rings. The maximum atomic E-state index is 5.56. The van der Waals surface area contributed by atoms with Crippen LogP contribution < -0.4 is 10.1 Å². The predicted molar refractivity (Wildman–Crippen MR) is 73.1 cm³/mol. The van der Waals surface area contributed by atoms with Crippen molar-refractivity contribution in [2.45, 2.75) is 26.7 Å². The molecule has 1 aromatic rings. The molecule has 4 heteroatoms. The third-order valence-corrected chi connectivity index (χ3v) is 2.53. The first-order valence-corrected chi connectivity index (χ1v) is 6.67. The summed E-state index contributed by atoms with van der Waals surface area (Å²) in [5, 5.41) is 3.34. The third kappa shape index (κ3) is 7.25. The lowest BCUT2D eigenvalue weighted by atomic mass is 10.3. The molecule has 1 heterocycles. The molecule has 0 saturated heterocycles. The van der Waals surface area contributed by atoms with E-state index in [4.69, 9.17) is 9.47 Å². The molecular weight excluding hydrogens is 228 g/mol. The number of nitrogens with one attached hydrogen (secondary N) is 1. The minimum atomic E-state index is 0.677. The lowest BCUT2D eigenvalue weighted by Crippen LogP contribution is -2.22. The van der Waals surface area contributed by atoms with E-state index < -0.39 is 0 Å². The largest absolute Gasteiger partial charge is 0.491 e. The van der Waals surface area contributed by atoms with Crippen LogP contribution in [0.5, 0.6) is 5.75 Å². The van der Waals surface area contributed by atoms with Crippen LogP contribution in [0.2, 0.25) is 0 Å². The molecule has 0 spiro atoms. The zero-order valence-corrected chi connectivity index (χ0v) is 11.4. The van der Waals surface area contributed by atoms with Gasteiger partial charge in [0.25, 0.3) is 0 Å². The fourth-order valence-electron chi connectivity index (χ4n) is 1.50. The number of nitrogens with zero attached hydrogens (tertiary/aromatic N) is 1. The van der Waals surface area contributed by atoms with E-state index in [1.165, 1.54) is 0 Å². The van der Waals surface area contributed by atoms with Crippen molar-refractivity contribution in [3.05, 3.63) is 24.0 Å². The second-order valence-corrected chi connectivity index (χ2v) is 4.14. The Morgan fingerprint density at radius 2 is 2.06 bits per heavy atom. The molecule has 0 aliphatic carbocycles. The van der Waals surface area contributed by atoms with E-state index >= 15 is 0 Å². The first kappa shape index (κ1) is 14.9. The molecule has 0 atom stereocenters. The van der Waals surface area contributed by atoms with Gasteiger partial charge in [0.1, 0.15) is 12.4 Å². The van der Waals surface area contributed by atoms with Gasteiger partial charge in [-0.05, 0) is 45.4 Å². The average Bonchev–Trinajstić information content (AvgIpc) is 2.39. The van der Waals surface area contributed by atoms with Crippen LogP contribution in [0.4, 0.5) is 0 Å². The van der Waals surface area contributed by atoms with Crippen molar-refractivity contribution >= 4 is 0 Å². The van der Waals surface area contributed by atoms with Crippen LogP contribution in [0, 0.1) is 6.92 Å². The summed E-state index contributed by atoms with van der Waals surface area (Å²) < 4.78 is 10.8. The lowest BCUT2D eigenvalue weighted by molar-refractivity contribution is 0.143. The molecular formula is C14H24N2O2. The summed E-state index contributed by atoms with van der Waals surface area (Å²) in [6.07, 6.45) is 4.02. The number of pyridine rings is 1. The van der Waals surface area contributed by atoms with E-state index in [1.54, 1.807) is 6.20 Å². The first-order valence-electron chi connectivity index (χ1n) is 6.67. The van der Waals surface area contributed by atoms with Gasteiger partial charge in [0.05, 0.1) is 6.20 Å². The maximum Gasteiger partial charge on any atom is 0.137 e. The molecule has 0 amide bonds. The highest BCUT2D eigenvalue weighted by Crippen LogP contribution is 2.07. The van der Waals surface area contributed by atoms with Crippen molar-refractivity contribution in [2.75, 3.05) is 32.9 Å². The van der Waals surface area contributed by atoms with Crippen LogP contribution in [-0.4, -0.2) is 37.9 Å². The van der Waals surface area contributed by atoms with Gasteiger partial charge >= 0.3 is 0 Å². The molecule has 18 heavy (non-hydrogen) atoms. The van der Waals surface area contributed by atoms with Gasteiger partial charge in [0.2, 0.25) is 0 Å². The second kappa shape index (κ2) is 9.85. The monoisotopic (exact) mass is 252 g/mol. The van der Waals surface area contributed by atoms with Gasteiger partial charge in [-0.15, -0.1) is 0 Å². The lowest BCUT2D eigenvalue weighted by Gasteiger charge is -2.07. The standard InChI is InChI=1S/C14H24N2O2/c1-3-17-10-5-4-8-15-9-11-18-14-7-6-13(2)16-12-14/h6-7,12,15H,3-5,8-11H2,1-2H3. The highest BCUT2D eigenvalue weighted by Gasteiger charge is 1.94. The Morgan fingerprint density at radius 3 is 2.78 bits per heavy atom. The Morgan fingerprint density at radius 1 is 1.17 bits per heavy atom. The number of hydrogen-bond acceptors (Lipinski definition) is 4. The Hall–Kier alpha value is -1.13. The Bertz CT molecular complexity index is 301. The Balaban J connectivity index is 1.91. The Kier molecular flexibility index (Phi) is 8.17. The van der Waals surface area contributed by atoms with E-state index in [0.717, 1.165) is 50.6 Å². The third-order valence-electron chi connectivity index (χ3n) is 2.53. The highest BCUT2D eigenvalue weighted by molar-refractivity contribution is 5.18. The number of rotatable bonds is 10. The predicted octanol–water partition coefficient (Wildman–Crippen LogP) is 2.18. The summed E-state index contributed by atoms with van der Waals surface area (Å²) in [7, 11) is 0. The fourth-order valence-corrected chi connectivity index (χ4v) is 1.50. The molecule has 0 bridgehead atoms. The summed E-state index contributed by atoms with van der Waals surface area (Å²) >= 11 is 0. The van der Waals surface area contributed by atoms with Gasteiger partial charge in [0.15, 0.2) is 0 Å². The summed E-state index contributed by atoms with van der Waals surface area (Å²) in [6.45, 7) is 8.22. The van der Waals surface area contributed by atoms with E-state index in [1.807, 2.05) is 26.0 Å². The summed E-state index contributed by atoms with van der Waals surface area (Å²) in [5.41, 5.74) is 1.01. The van der Waals surface area contributed by atoms with Crippen molar-refractivity contribution in [2.24, 2.45) is 0 Å². The van der Waals surface area contributed by atoms with Gasteiger partial charge in [-0.2, -0.15) is 0 Å². The SMILES string of the molecule is CCOCCCCNCCOc1ccc(C)nc1. The van der Waals surface area contributed by atoms with E-state index in [0.29, 0.717) is 6.61 Å². The molecule has 1 rings (SSSR count). The molecule has 0 aliphatic rings. The molecule has 0 radical (unpaired) electrons. The van der Waals surface area contributed by atoms with Crippen LogP contribution in [0.15, 0.2) is 18.3 Å². The molecule has 1 N–H and O–H groups in total. The van der Waals surface area contributed by atoms with Gasteiger partial charge in [0, 0.05) is 25.5 Å². The van der Waals surface area contributed by atoms with Crippen molar-refractivity contribution < 1.29 is 9.47 Å². The van der Waals surface area contributed by atoms with Gasteiger partial charge in [-0.3, -0.25) is 4.98 Å². The van der Waals surface area contributed by atoms with Crippen molar-refractivity contribution in [3.63, 3.8) is 0 Å². The van der Waals surface area contributed by atoms with Crippen molar-refractivity contribution in [3.8, 4) is 5.75 Å². The molecule has 0 aliphatic heterocycles. The minimum absolute atomic E-state index is 0.677. The highest BCUT2D eigenvalue weighted by atomic mass is 16.5. The molecule has 1 aromatic heterocycles.